The van der Waals surface area contributed by atoms with Gasteiger partial charge in [0, 0.05) is 5.56 Å². The Bertz CT molecular complexity index is 368. The largest absolute Gasteiger partial charge is 0.486 e. The summed E-state index contributed by atoms with van der Waals surface area (Å²) in [5, 5.41) is 0. The van der Waals surface area contributed by atoms with E-state index in [0.29, 0.717) is 0 Å². The minimum Gasteiger partial charge on any atom is -0.486 e. The van der Waals surface area contributed by atoms with E-state index in [1.807, 2.05) is 31.2 Å². The van der Waals surface area contributed by atoms with E-state index in [0.717, 1.165) is 11.3 Å². The van der Waals surface area contributed by atoms with Crippen LogP contribution in [0.15, 0.2) is 42.5 Å². The molecule has 0 unspecified atom stereocenters. The molecular weight excluding hydrogens is 160 g/mol. The van der Waals surface area contributed by atoms with Crippen molar-refractivity contribution in [2.75, 3.05) is 0 Å². The fourth-order valence-electron chi connectivity index (χ4n) is 1.42. The monoisotopic (exact) mass is 171 g/mol. The summed E-state index contributed by atoms with van der Waals surface area (Å²) in [6.45, 7) is 3.57. The Morgan fingerprint density at radius 2 is 1.85 bits per heavy atom. The Morgan fingerprint density at radius 3 is 2.69 bits per heavy atom. The lowest BCUT2D eigenvalue weighted by molar-refractivity contribution is 0.419. The Labute approximate surface area is 78.3 Å². The minimum atomic E-state index is 0.925. The van der Waals surface area contributed by atoms with Gasteiger partial charge in [-0.2, -0.15) is 0 Å². The molecule has 2 aliphatic carbocycles. The highest BCUT2D eigenvalue weighted by Crippen LogP contribution is 2.33. The molecule has 1 nitrogen and oxygen atoms in total. The van der Waals surface area contributed by atoms with Crippen LogP contribution in [0.25, 0.3) is 11.1 Å². The first-order valence-corrected chi connectivity index (χ1v) is 4.34. The van der Waals surface area contributed by atoms with Crippen LogP contribution < -0.4 is 4.74 Å². The lowest BCUT2D eigenvalue weighted by atomic mass is 10.2. The summed E-state index contributed by atoms with van der Waals surface area (Å²) >= 11 is 0. The standard InChI is InChI=1S/C12H11O/c1-2-13-12-9-8-10-6-4-3-5-7-11(10)12/h2-9H,1H3. The normalized spacial score (nSPS) is 10.2. The molecule has 0 saturated heterocycles. The van der Waals surface area contributed by atoms with E-state index < -0.39 is 0 Å². The third-order valence-electron chi connectivity index (χ3n) is 2.00. The fraction of sp³-hybridized carbons (Fsp3) is 0.0833. The predicted octanol–water partition coefficient (Wildman–Crippen LogP) is 3.35. The maximum absolute atomic E-state index is 5.38. The molecule has 0 spiro atoms. The van der Waals surface area contributed by atoms with Crippen molar-refractivity contribution in [3.63, 3.8) is 0 Å². The molecule has 0 fully saturated rings. The highest BCUT2D eigenvalue weighted by molar-refractivity contribution is 5.73. The van der Waals surface area contributed by atoms with Gasteiger partial charge in [0.2, 0.25) is 0 Å². The highest BCUT2D eigenvalue weighted by Gasteiger charge is 2.07. The van der Waals surface area contributed by atoms with Crippen molar-refractivity contribution in [1.82, 2.24) is 0 Å². The van der Waals surface area contributed by atoms with E-state index in [2.05, 4.69) is 18.2 Å². The molecule has 65 valence electrons. The van der Waals surface area contributed by atoms with Crippen LogP contribution in [-0.2, 0) is 0 Å². The van der Waals surface area contributed by atoms with Crippen LogP contribution in [-0.4, -0.2) is 0 Å². The van der Waals surface area contributed by atoms with E-state index in [4.69, 9.17) is 4.74 Å². The van der Waals surface area contributed by atoms with Crippen LogP contribution in [0.3, 0.4) is 0 Å². The lowest BCUT2D eigenvalue weighted by Crippen LogP contribution is -1.83. The third-order valence-corrected chi connectivity index (χ3v) is 2.00. The van der Waals surface area contributed by atoms with E-state index in [-0.39, 0.29) is 0 Å². The number of fused-ring (bicyclic) bond motifs is 1. The first kappa shape index (κ1) is 8.11. The molecule has 0 N–H and O–H groups in total. The Balaban J connectivity index is 2.49. The second kappa shape index (κ2) is 3.48. The van der Waals surface area contributed by atoms with Crippen LogP contribution in [0.2, 0.25) is 0 Å². The molecule has 0 amide bonds. The Kier molecular flexibility index (Phi) is 2.17. The van der Waals surface area contributed by atoms with Gasteiger partial charge >= 0.3 is 0 Å². The van der Waals surface area contributed by atoms with Gasteiger partial charge in [-0.15, -0.1) is 0 Å². The van der Waals surface area contributed by atoms with Crippen LogP contribution in [0, 0.1) is 6.61 Å². The van der Waals surface area contributed by atoms with Gasteiger partial charge in [-0.25, -0.2) is 0 Å². The van der Waals surface area contributed by atoms with E-state index in [1.54, 1.807) is 6.61 Å². The summed E-state index contributed by atoms with van der Waals surface area (Å²) in [4.78, 5) is 0. The van der Waals surface area contributed by atoms with Gasteiger partial charge in [0.05, 0.1) is 0 Å². The van der Waals surface area contributed by atoms with Crippen LogP contribution >= 0.6 is 0 Å². The number of rotatable bonds is 2. The molecule has 2 rings (SSSR count). The second-order valence-corrected chi connectivity index (χ2v) is 2.83. The van der Waals surface area contributed by atoms with Gasteiger partial charge in [-0.05, 0) is 18.6 Å². The van der Waals surface area contributed by atoms with Crippen molar-refractivity contribution in [2.24, 2.45) is 0 Å². The summed E-state index contributed by atoms with van der Waals surface area (Å²) in [5.74, 6) is 0.925. The topological polar surface area (TPSA) is 9.23 Å². The predicted molar refractivity (Wildman–Crippen MR) is 53.7 cm³/mol. The van der Waals surface area contributed by atoms with Crippen molar-refractivity contribution in [3.8, 4) is 16.9 Å². The average Bonchev–Trinajstić information content (AvgIpc) is 2.38. The molecule has 0 bridgehead atoms. The molecule has 0 aromatic heterocycles. The summed E-state index contributed by atoms with van der Waals surface area (Å²) in [7, 11) is 0. The zero-order chi connectivity index (χ0) is 9.10. The lowest BCUT2D eigenvalue weighted by Gasteiger charge is -2.00. The maximum Gasteiger partial charge on any atom is 0.132 e. The van der Waals surface area contributed by atoms with Crippen molar-refractivity contribution >= 4 is 0 Å². The van der Waals surface area contributed by atoms with Crippen molar-refractivity contribution < 1.29 is 4.74 Å². The van der Waals surface area contributed by atoms with Crippen LogP contribution in [0.4, 0.5) is 0 Å². The summed E-state index contributed by atoms with van der Waals surface area (Å²) in [6.07, 6.45) is 0. The molecule has 1 radical (unpaired) electrons. The zero-order valence-electron chi connectivity index (χ0n) is 7.53. The molecule has 1 heteroatoms. The Morgan fingerprint density at radius 1 is 1.00 bits per heavy atom. The van der Waals surface area contributed by atoms with E-state index in [1.165, 1.54) is 5.56 Å². The van der Waals surface area contributed by atoms with Crippen LogP contribution in [0.5, 0.6) is 5.75 Å². The maximum atomic E-state index is 5.38. The van der Waals surface area contributed by atoms with Crippen molar-refractivity contribution in [3.05, 3.63) is 49.1 Å². The van der Waals surface area contributed by atoms with Gasteiger partial charge in [-0.3, -0.25) is 0 Å². The molecule has 13 heavy (non-hydrogen) atoms. The van der Waals surface area contributed by atoms with E-state index >= 15 is 0 Å². The number of hydrogen-bond acceptors (Lipinski definition) is 1. The fourth-order valence-corrected chi connectivity index (χ4v) is 1.42. The molecule has 0 atom stereocenters. The summed E-state index contributed by atoms with van der Waals surface area (Å²) < 4.78 is 5.38. The second-order valence-electron chi connectivity index (χ2n) is 2.83. The summed E-state index contributed by atoms with van der Waals surface area (Å²) in [6, 6.07) is 14.3. The molecule has 0 aliphatic heterocycles. The van der Waals surface area contributed by atoms with Gasteiger partial charge in [-0.1, -0.05) is 36.4 Å². The average molecular weight is 171 g/mol. The molecule has 0 saturated carbocycles. The first-order chi connectivity index (χ1) is 6.42. The molecular formula is C12H11O. The van der Waals surface area contributed by atoms with Gasteiger partial charge in [0.1, 0.15) is 12.4 Å². The highest BCUT2D eigenvalue weighted by atomic mass is 16.5. The zero-order valence-corrected chi connectivity index (χ0v) is 7.53. The smallest absolute Gasteiger partial charge is 0.132 e. The molecule has 0 aromatic carbocycles. The summed E-state index contributed by atoms with van der Waals surface area (Å²) in [5.41, 5.74) is 2.37. The van der Waals surface area contributed by atoms with Crippen molar-refractivity contribution in [2.45, 2.75) is 6.92 Å². The third kappa shape index (κ3) is 1.50. The molecule has 2 aliphatic rings. The van der Waals surface area contributed by atoms with Gasteiger partial charge in [0.15, 0.2) is 0 Å². The molecule has 0 aromatic rings. The number of ether oxygens (including phenoxy) is 1. The van der Waals surface area contributed by atoms with Gasteiger partial charge in [0.25, 0.3) is 0 Å². The molecule has 0 heterocycles. The minimum absolute atomic E-state index is 0.925. The quantitative estimate of drug-likeness (QED) is 0.673. The van der Waals surface area contributed by atoms with Gasteiger partial charge < -0.3 is 4.74 Å². The van der Waals surface area contributed by atoms with Crippen molar-refractivity contribution in [1.29, 1.82) is 0 Å². The Hall–Kier alpha value is -1.50. The SMILES string of the molecule is C[CH]Oc1ccc2cccccc1-2. The van der Waals surface area contributed by atoms with Crippen LogP contribution in [0.1, 0.15) is 6.92 Å². The van der Waals surface area contributed by atoms with E-state index in [9.17, 15) is 0 Å². The number of hydrogen-bond donors (Lipinski definition) is 0. The first-order valence-electron chi connectivity index (χ1n) is 4.34.